The highest BCUT2D eigenvalue weighted by Gasteiger charge is 2.25. The first kappa shape index (κ1) is 27.7. The lowest BCUT2D eigenvalue weighted by Gasteiger charge is -2.34. The zero-order chi connectivity index (χ0) is 28.2. The predicted octanol–water partition coefficient (Wildman–Crippen LogP) is 5.82. The fraction of sp³-hybridized carbons (Fsp3) is 0.290. The van der Waals surface area contributed by atoms with Gasteiger partial charge in [0, 0.05) is 56.2 Å². The van der Waals surface area contributed by atoms with Gasteiger partial charge in [-0.3, -0.25) is 14.6 Å². The molecule has 0 aliphatic carbocycles. The molecule has 6 rings (SSSR count). The average Bonchev–Trinajstić information content (AvgIpc) is 3.64. The number of benzene rings is 3. The van der Waals surface area contributed by atoms with Crippen LogP contribution >= 0.6 is 22.9 Å². The maximum Gasteiger partial charge on any atom is 0.273 e. The molecule has 0 spiro atoms. The zero-order valence-corrected chi connectivity index (χ0v) is 24.0. The molecule has 212 valence electrons. The first-order chi connectivity index (χ1) is 20.0. The van der Waals surface area contributed by atoms with E-state index in [2.05, 4.69) is 15.9 Å². The molecule has 4 aromatic rings. The highest BCUT2D eigenvalue weighted by Crippen LogP contribution is 2.33. The van der Waals surface area contributed by atoms with Crippen molar-refractivity contribution in [3.8, 4) is 11.5 Å². The van der Waals surface area contributed by atoms with Crippen molar-refractivity contribution in [2.75, 3.05) is 33.0 Å². The third-order valence-electron chi connectivity index (χ3n) is 7.25. The van der Waals surface area contributed by atoms with Crippen LogP contribution in [0.4, 0.5) is 4.39 Å². The number of piperazine rings is 1. The number of hydrogen-bond acceptors (Lipinski definition) is 7. The second-order valence-electron chi connectivity index (χ2n) is 10.3. The Bertz CT molecular complexity index is 1510. The fourth-order valence-electron chi connectivity index (χ4n) is 5.15. The van der Waals surface area contributed by atoms with Crippen LogP contribution in [0, 0.1) is 5.82 Å². The standard InChI is InChI=1S/C31H30ClFN4O3S/c32-25-3-1-2-23(14-25)18-36(16-22-4-7-26(33)8-5-22)19-30-34-27(20-41-30)31(38)37-12-10-35(11-13-37)17-24-6-9-28-29(15-24)40-21-39-28/h1-9,14-15,20H,10-13,16-19,21H2. The summed E-state index contributed by atoms with van der Waals surface area (Å²) >= 11 is 7.71. The number of carbonyl (C=O) groups is 1. The summed E-state index contributed by atoms with van der Waals surface area (Å²) in [5, 5.41) is 3.40. The van der Waals surface area contributed by atoms with E-state index in [-0.39, 0.29) is 18.5 Å². The Morgan fingerprint density at radius 1 is 0.902 bits per heavy atom. The van der Waals surface area contributed by atoms with Crippen molar-refractivity contribution in [2.45, 2.75) is 26.2 Å². The van der Waals surface area contributed by atoms with E-state index in [9.17, 15) is 9.18 Å². The summed E-state index contributed by atoms with van der Waals surface area (Å²) in [7, 11) is 0. The van der Waals surface area contributed by atoms with Crippen molar-refractivity contribution in [3.63, 3.8) is 0 Å². The minimum Gasteiger partial charge on any atom is -0.454 e. The molecule has 0 unspecified atom stereocenters. The van der Waals surface area contributed by atoms with Gasteiger partial charge >= 0.3 is 0 Å². The number of amides is 1. The second-order valence-corrected chi connectivity index (χ2v) is 11.7. The minimum atomic E-state index is -0.257. The van der Waals surface area contributed by atoms with E-state index < -0.39 is 0 Å². The molecule has 7 nitrogen and oxygen atoms in total. The number of ether oxygens (including phenoxy) is 2. The number of halogens is 2. The summed E-state index contributed by atoms with van der Waals surface area (Å²) in [6, 6.07) is 20.3. The van der Waals surface area contributed by atoms with Crippen molar-refractivity contribution < 1.29 is 18.7 Å². The van der Waals surface area contributed by atoms with Crippen molar-refractivity contribution in [3.05, 3.63) is 110 Å². The Morgan fingerprint density at radius 2 is 1.66 bits per heavy atom. The molecule has 0 N–H and O–H groups in total. The van der Waals surface area contributed by atoms with Gasteiger partial charge in [-0.25, -0.2) is 9.37 Å². The summed E-state index contributed by atoms with van der Waals surface area (Å²) in [5.74, 6) is 1.29. The smallest absolute Gasteiger partial charge is 0.273 e. The van der Waals surface area contributed by atoms with Crippen LogP contribution in [0.3, 0.4) is 0 Å². The molecule has 0 bridgehead atoms. The van der Waals surface area contributed by atoms with Gasteiger partial charge in [0.2, 0.25) is 6.79 Å². The first-order valence-electron chi connectivity index (χ1n) is 13.5. The molecule has 41 heavy (non-hydrogen) atoms. The average molecular weight is 593 g/mol. The maximum absolute atomic E-state index is 13.5. The quantitative estimate of drug-likeness (QED) is 0.244. The molecule has 1 fully saturated rings. The number of hydrogen-bond donors (Lipinski definition) is 0. The lowest BCUT2D eigenvalue weighted by Crippen LogP contribution is -2.48. The Hall–Kier alpha value is -3.50. The van der Waals surface area contributed by atoms with Gasteiger partial charge in [0.1, 0.15) is 16.5 Å². The summed E-state index contributed by atoms with van der Waals surface area (Å²) in [4.78, 5) is 24.5. The molecular formula is C31H30ClFN4O3S. The number of carbonyl (C=O) groups excluding carboxylic acids is 1. The normalized spacial score (nSPS) is 15.0. The maximum atomic E-state index is 13.5. The van der Waals surface area contributed by atoms with Crippen LogP contribution in [0.1, 0.15) is 32.2 Å². The fourth-order valence-corrected chi connectivity index (χ4v) is 6.17. The van der Waals surface area contributed by atoms with Crippen LogP contribution < -0.4 is 9.47 Å². The van der Waals surface area contributed by atoms with Crippen molar-refractivity contribution in [1.82, 2.24) is 19.7 Å². The largest absolute Gasteiger partial charge is 0.454 e. The molecule has 3 heterocycles. The number of rotatable bonds is 9. The van der Waals surface area contributed by atoms with E-state index in [1.54, 1.807) is 12.1 Å². The molecular weight excluding hydrogens is 563 g/mol. The molecule has 2 aliphatic rings. The Morgan fingerprint density at radius 3 is 2.46 bits per heavy atom. The summed E-state index contributed by atoms with van der Waals surface area (Å²) in [5.41, 5.74) is 3.73. The highest BCUT2D eigenvalue weighted by atomic mass is 35.5. The zero-order valence-electron chi connectivity index (χ0n) is 22.5. The van der Waals surface area contributed by atoms with Gasteiger partial charge in [0.05, 0.1) is 6.54 Å². The van der Waals surface area contributed by atoms with E-state index in [4.69, 9.17) is 26.1 Å². The van der Waals surface area contributed by atoms with Crippen LogP contribution in [-0.2, 0) is 26.2 Å². The van der Waals surface area contributed by atoms with Crippen LogP contribution in [-0.4, -0.2) is 58.6 Å². The molecule has 3 aromatic carbocycles. The molecule has 0 atom stereocenters. The van der Waals surface area contributed by atoms with Crippen LogP contribution in [0.5, 0.6) is 11.5 Å². The third kappa shape index (κ3) is 7.05. The lowest BCUT2D eigenvalue weighted by atomic mass is 10.1. The number of nitrogens with zero attached hydrogens (tertiary/aromatic N) is 4. The third-order valence-corrected chi connectivity index (χ3v) is 8.32. The van der Waals surface area contributed by atoms with E-state index in [1.165, 1.54) is 29.0 Å². The molecule has 0 saturated carbocycles. The van der Waals surface area contributed by atoms with Gasteiger partial charge in [-0.05, 0) is 53.1 Å². The lowest BCUT2D eigenvalue weighted by molar-refractivity contribution is 0.0623. The van der Waals surface area contributed by atoms with Gasteiger partial charge in [-0.15, -0.1) is 11.3 Å². The molecule has 0 radical (unpaired) electrons. The monoisotopic (exact) mass is 592 g/mol. The highest BCUT2D eigenvalue weighted by molar-refractivity contribution is 7.09. The Labute approximate surface area is 247 Å². The van der Waals surface area contributed by atoms with Gasteiger partial charge in [-0.1, -0.05) is 41.9 Å². The van der Waals surface area contributed by atoms with Gasteiger partial charge in [0.15, 0.2) is 11.5 Å². The summed E-state index contributed by atoms with van der Waals surface area (Å²) in [6.07, 6.45) is 0. The van der Waals surface area contributed by atoms with Gasteiger partial charge in [-0.2, -0.15) is 0 Å². The second kappa shape index (κ2) is 12.6. The topological polar surface area (TPSA) is 58.1 Å². The van der Waals surface area contributed by atoms with E-state index in [1.807, 2.05) is 46.7 Å². The molecule has 1 aromatic heterocycles. The van der Waals surface area contributed by atoms with Gasteiger partial charge in [0.25, 0.3) is 5.91 Å². The number of thiazole rings is 1. The summed E-state index contributed by atoms with van der Waals surface area (Å²) in [6.45, 7) is 5.79. The molecule has 1 amide bonds. The first-order valence-corrected chi connectivity index (χ1v) is 14.8. The molecule has 1 saturated heterocycles. The van der Waals surface area contributed by atoms with Crippen molar-refractivity contribution in [1.29, 1.82) is 0 Å². The number of aromatic nitrogens is 1. The minimum absolute atomic E-state index is 0.0323. The predicted molar refractivity (Wildman–Crippen MR) is 157 cm³/mol. The Balaban J connectivity index is 1.06. The van der Waals surface area contributed by atoms with Crippen LogP contribution in [0.2, 0.25) is 5.02 Å². The van der Waals surface area contributed by atoms with Gasteiger partial charge < -0.3 is 14.4 Å². The van der Waals surface area contributed by atoms with E-state index in [0.717, 1.165) is 47.3 Å². The van der Waals surface area contributed by atoms with Crippen molar-refractivity contribution in [2.24, 2.45) is 0 Å². The van der Waals surface area contributed by atoms with Crippen LogP contribution in [0.25, 0.3) is 0 Å². The molecule has 2 aliphatic heterocycles. The summed E-state index contributed by atoms with van der Waals surface area (Å²) < 4.78 is 24.4. The van der Waals surface area contributed by atoms with E-state index in [0.29, 0.717) is 43.4 Å². The molecule has 10 heteroatoms. The number of fused-ring (bicyclic) bond motifs is 1. The van der Waals surface area contributed by atoms with Crippen molar-refractivity contribution >= 4 is 28.8 Å². The van der Waals surface area contributed by atoms with E-state index >= 15 is 0 Å². The van der Waals surface area contributed by atoms with Crippen LogP contribution in [0.15, 0.2) is 72.1 Å². The Kier molecular flexibility index (Phi) is 8.48. The SMILES string of the molecule is O=C(c1csc(CN(Cc2ccc(F)cc2)Cc2cccc(Cl)c2)n1)N1CCN(Cc2ccc3c(c2)OCO3)CC1.